The molecule has 0 aromatic carbocycles. The highest BCUT2D eigenvalue weighted by Gasteiger charge is 2.57. The van der Waals surface area contributed by atoms with Gasteiger partial charge < -0.3 is 19.9 Å². The maximum Gasteiger partial charge on any atom is 0.282 e. The van der Waals surface area contributed by atoms with Crippen molar-refractivity contribution in [2.75, 3.05) is 51.3 Å². The fourth-order valence-corrected chi connectivity index (χ4v) is 7.06. The molecule has 2 N–H and O–H groups in total. The molecule has 3 aliphatic rings. The summed E-state index contributed by atoms with van der Waals surface area (Å²) in [7, 11) is -2.59. The van der Waals surface area contributed by atoms with Gasteiger partial charge in [-0.2, -0.15) is 17.0 Å². The average molecular weight is 514 g/mol. The van der Waals surface area contributed by atoms with Gasteiger partial charge in [-0.25, -0.2) is 18.7 Å². The Labute approximate surface area is 201 Å². The maximum absolute atomic E-state index is 14.1. The van der Waals surface area contributed by atoms with Crippen LogP contribution in [-0.2, 0) is 15.0 Å². The SMILES string of the molecule is CN(C[C@@H]1CC(F)(F)CN1C(=O)CCO)S(=O)(=O)N1CCN(c2ncnc3[nH]ccc23)CC12CC2. The predicted molar refractivity (Wildman–Crippen MR) is 123 cm³/mol. The van der Waals surface area contributed by atoms with Crippen molar-refractivity contribution >= 4 is 33.0 Å². The molecule has 2 aromatic heterocycles. The topological polar surface area (TPSA) is 126 Å². The van der Waals surface area contributed by atoms with Crippen LogP contribution in [0.3, 0.4) is 0 Å². The summed E-state index contributed by atoms with van der Waals surface area (Å²) < 4.78 is 58.0. The van der Waals surface area contributed by atoms with Gasteiger partial charge in [0.1, 0.15) is 17.8 Å². The Bertz CT molecular complexity index is 1220. The van der Waals surface area contributed by atoms with Crippen molar-refractivity contribution in [3.05, 3.63) is 18.6 Å². The molecule has 2 aromatic rings. The number of aromatic amines is 1. The summed E-state index contributed by atoms with van der Waals surface area (Å²) in [6.45, 7) is -0.317. The quantitative estimate of drug-likeness (QED) is 0.549. The van der Waals surface area contributed by atoms with Crippen molar-refractivity contribution in [3.8, 4) is 0 Å². The van der Waals surface area contributed by atoms with E-state index in [2.05, 4.69) is 19.9 Å². The summed E-state index contributed by atoms with van der Waals surface area (Å²) in [5, 5.41) is 9.91. The van der Waals surface area contributed by atoms with Crippen LogP contribution >= 0.6 is 0 Å². The van der Waals surface area contributed by atoms with Crippen LogP contribution in [0.2, 0.25) is 0 Å². The number of piperazine rings is 1. The third kappa shape index (κ3) is 4.36. The number of H-pyrrole nitrogens is 1. The second kappa shape index (κ2) is 8.61. The predicted octanol–water partition coefficient (Wildman–Crippen LogP) is 0.408. The van der Waals surface area contributed by atoms with Crippen LogP contribution in [0.4, 0.5) is 14.6 Å². The Morgan fingerprint density at radius 2 is 2.06 bits per heavy atom. The number of carbonyl (C=O) groups is 1. The number of aromatic nitrogens is 3. The van der Waals surface area contributed by atoms with E-state index in [0.29, 0.717) is 31.6 Å². The molecule has 11 nitrogen and oxygen atoms in total. The second-order valence-corrected chi connectivity index (χ2v) is 11.6. The normalized spacial score (nSPS) is 24.1. The molecule has 2 aliphatic heterocycles. The monoisotopic (exact) mass is 513 g/mol. The van der Waals surface area contributed by atoms with Crippen LogP contribution in [0.25, 0.3) is 11.0 Å². The molecule has 2 saturated heterocycles. The van der Waals surface area contributed by atoms with Crippen LogP contribution < -0.4 is 4.90 Å². The van der Waals surface area contributed by atoms with Crippen molar-refractivity contribution in [2.45, 2.75) is 43.2 Å². The zero-order chi connectivity index (χ0) is 25.0. The van der Waals surface area contributed by atoms with E-state index in [1.807, 2.05) is 6.07 Å². The minimum atomic E-state index is -3.96. The lowest BCUT2D eigenvalue weighted by Crippen LogP contribution is -2.60. The Balaban J connectivity index is 1.32. The number of aliphatic hydroxyl groups is 1. The van der Waals surface area contributed by atoms with Gasteiger partial charge in [-0.05, 0) is 18.9 Å². The van der Waals surface area contributed by atoms with E-state index in [9.17, 15) is 22.0 Å². The van der Waals surface area contributed by atoms with Crippen LogP contribution in [0, 0.1) is 0 Å². The number of likely N-dealkylation sites (N-methyl/N-ethyl adjacent to an activating group) is 1. The number of alkyl halides is 2. The summed E-state index contributed by atoms with van der Waals surface area (Å²) in [5.74, 6) is -2.95. The number of hydrogen-bond donors (Lipinski definition) is 2. The first-order valence-electron chi connectivity index (χ1n) is 11.6. The van der Waals surface area contributed by atoms with Gasteiger partial charge in [0.2, 0.25) is 5.91 Å². The van der Waals surface area contributed by atoms with Crippen molar-refractivity contribution in [1.82, 2.24) is 28.5 Å². The number of amides is 1. The molecule has 1 spiro atoms. The molecule has 4 heterocycles. The van der Waals surface area contributed by atoms with Crippen molar-refractivity contribution < 1.29 is 27.1 Å². The van der Waals surface area contributed by atoms with Gasteiger partial charge in [-0.15, -0.1) is 0 Å². The number of fused-ring (bicyclic) bond motifs is 1. The van der Waals surface area contributed by atoms with Gasteiger partial charge in [-0.1, -0.05) is 0 Å². The number of nitrogens with zero attached hydrogens (tertiary/aromatic N) is 6. The van der Waals surface area contributed by atoms with Crippen molar-refractivity contribution in [1.29, 1.82) is 0 Å². The number of halogens is 2. The molecule has 14 heteroatoms. The number of likely N-dealkylation sites (tertiary alicyclic amines) is 1. The summed E-state index contributed by atoms with van der Waals surface area (Å²) in [6.07, 6.45) is 3.77. The molecular weight excluding hydrogens is 484 g/mol. The third-order valence-electron chi connectivity index (χ3n) is 7.21. The Morgan fingerprint density at radius 1 is 1.29 bits per heavy atom. The van der Waals surface area contributed by atoms with Gasteiger partial charge in [0, 0.05) is 52.3 Å². The smallest absolute Gasteiger partial charge is 0.282 e. The number of rotatable bonds is 7. The second-order valence-electron chi connectivity index (χ2n) is 9.65. The van der Waals surface area contributed by atoms with E-state index in [4.69, 9.17) is 5.11 Å². The summed E-state index contributed by atoms with van der Waals surface area (Å²) in [6, 6.07) is 0.936. The molecule has 192 valence electrons. The van der Waals surface area contributed by atoms with E-state index < -0.39 is 53.2 Å². The molecule has 3 fully saturated rings. The van der Waals surface area contributed by atoms with E-state index in [-0.39, 0.29) is 19.5 Å². The highest BCUT2D eigenvalue weighted by molar-refractivity contribution is 7.86. The minimum absolute atomic E-state index is 0.233. The molecule has 1 saturated carbocycles. The van der Waals surface area contributed by atoms with Gasteiger partial charge in [0.15, 0.2) is 0 Å². The summed E-state index contributed by atoms with van der Waals surface area (Å²) >= 11 is 0. The van der Waals surface area contributed by atoms with E-state index >= 15 is 0 Å². The Kier molecular flexibility index (Phi) is 5.97. The molecule has 1 amide bonds. The lowest BCUT2D eigenvalue weighted by molar-refractivity contribution is -0.134. The van der Waals surface area contributed by atoms with Crippen LogP contribution in [0.15, 0.2) is 18.6 Å². The number of carbonyl (C=O) groups excluding carboxylic acids is 1. The van der Waals surface area contributed by atoms with Crippen LogP contribution in [-0.4, -0.2) is 112 Å². The standard InChI is InChI=1S/C21H29F2N7O4S/c1-27(11-15-10-21(22,23)13-29(15)17(32)3-9-31)35(33,34)30-8-7-28(12-20(30)4-5-20)19-16-2-6-24-18(16)25-14-26-19/h2,6,14-15,31H,3-5,7-13H2,1H3,(H,24,25,26)/t15-/m0/s1. The highest BCUT2D eigenvalue weighted by atomic mass is 32.2. The lowest BCUT2D eigenvalue weighted by Gasteiger charge is -2.43. The Hall–Kier alpha value is -2.42. The van der Waals surface area contributed by atoms with Gasteiger partial charge >= 0.3 is 0 Å². The van der Waals surface area contributed by atoms with E-state index in [1.165, 1.54) is 17.7 Å². The van der Waals surface area contributed by atoms with Crippen molar-refractivity contribution in [2.24, 2.45) is 0 Å². The van der Waals surface area contributed by atoms with Crippen LogP contribution in [0.1, 0.15) is 25.7 Å². The molecule has 0 radical (unpaired) electrons. The molecule has 0 unspecified atom stereocenters. The molecule has 5 rings (SSSR count). The molecule has 35 heavy (non-hydrogen) atoms. The lowest BCUT2D eigenvalue weighted by atomic mass is 10.2. The van der Waals surface area contributed by atoms with E-state index in [1.54, 1.807) is 6.20 Å². The first kappa shape index (κ1) is 24.3. The summed E-state index contributed by atoms with van der Waals surface area (Å²) in [4.78, 5) is 27.0. The van der Waals surface area contributed by atoms with Crippen LogP contribution in [0.5, 0.6) is 0 Å². The molecule has 0 bridgehead atoms. The van der Waals surface area contributed by atoms with Gasteiger partial charge in [-0.3, -0.25) is 4.79 Å². The number of nitrogens with one attached hydrogen (secondary N) is 1. The van der Waals surface area contributed by atoms with Gasteiger partial charge in [0.25, 0.3) is 16.1 Å². The summed E-state index contributed by atoms with van der Waals surface area (Å²) in [5.41, 5.74) is 0.133. The maximum atomic E-state index is 14.1. The molecule has 1 atom stereocenters. The zero-order valence-corrected chi connectivity index (χ0v) is 20.2. The fourth-order valence-electron chi connectivity index (χ4n) is 5.32. The van der Waals surface area contributed by atoms with Crippen molar-refractivity contribution in [3.63, 3.8) is 0 Å². The number of hydrogen-bond acceptors (Lipinski definition) is 7. The Morgan fingerprint density at radius 3 is 2.77 bits per heavy atom. The molecular formula is C21H29F2N7O4S. The fraction of sp³-hybridized carbons (Fsp3) is 0.667. The largest absolute Gasteiger partial charge is 0.396 e. The van der Waals surface area contributed by atoms with E-state index in [0.717, 1.165) is 20.4 Å². The zero-order valence-electron chi connectivity index (χ0n) is 19.4. The molecule has 1 aliphatic carbocycles. The minimum Gasteiger partial charge on any atom is -0.396 e. The first-order valence-corrected chi connectivity index (χ1v) is 13.0. The third-order valence-corrected chi connectivity index (χ3v) is 9.27. The van der Waals surface area contributed by atoms with Gasteiger partial charge in [0.05, 0.1) is 30.1 Å². The highest BCUT2D eigenvalue weighted by Crippen LogP contribution is 2.47. The number of anilines is 1. The number of aliphatic hydroxyl groups excluding tert-OH is 1. The average Bonchev–Trinajstić information content (AvgIpc) is 3.25. The first-order chi connectivity index (χ1) is 16.6.